The van der Waals surface area contributed by atoms with Gasteiger partial charge in [-0.2, -0.15) is 10.4 Å². The van der Waals surface area contributed by atoms with E-state index in [1.165, 1.54) is 0 Å². The van der Waals surface area contributed by atoms with Crippen LogP contribution in [0.1, 0.15) is 25.5 Å². The summed E-state index contributed by atoms with van der Waals surface area (Å²) in [7, 11) is 0. The molecule has 4 heteroatoms. The van der Waals surface area contributed by atoms with E-state index in [1.54, 1.807) is 6.07 Å². The molecular weight excluding hydrogens is 278 g/mol. The van der Waals surface area contributed by atoms with Crippen LogP contribution in [-0.4, -0.2) is 9.78 Å². The maximum absolute atomic E-state index is 8.88. The molecule has 0 saturated carbocycles. The summed E-state index contributed by atoms with van der Waals surface area (Å²) in [6, 6.07) is 9.92. The third kappa shape index (κ3) is 2.40. The van der Waals surface area contributed by atoms with Gasteiger partial charge in [-0.3, -0.25) is 4.68 Å². The molecule has 1 aromatic heterocycles. The molecule has 0 atom stereocenters. The number of nitriles is 1. The smallest absolute Gasteiger partial charge is 0.107 e. The predicted octanol–water partition coefficient (Wildman–Crippen LogP) is 3.77. The zero-order chi connectivity index (χ0) is 12.4. The highest BCUT2D eigenvalue weighted by atomic mass is 79.9. The van der Waals surface area contributed by atoms with E-state index in [-0.39, 0.29) is 0 Å². The number of nitrogens with zero attached hydrogens (tertiary/aromatic N) is 3. The molecule has 1 heterocycles. The lowest BCUT2D eigenvalue weighted by Gasteiger charge is -2.03. The molecule has 0 aliphatic carbocycles. The van der Waals surface area contributed by atoms with Gasteiger partial charge in [-0.1, -0.05) is 12.1 Å². The second-order valence-electron chi connectivity index (χ2n) is 4.09. The first-order valence-corrected chi connectivity index (χ1v) is 6.16. The van der Waals surface area contributed by atoms with E-state index in [4.69, 9.17) is 5.26 Å². The molecule has 3 nitrogen and oxygen atoms in total. The van der Waals surface area contributed by atoms with Gasteiger partial charge >= 0.3 is 0 Å². The fourth-order valence-corrected chi connectivity index (χ4v) is 2.08. The number of hydrogen-bond donors (Lipinski definition) is 0. The quantitative estimate of drug-likeness (QED) is 0.845. The van der Waals surface area contributed by atoms with Crippen LogP contribution in [0.15, 0.2) is 34.9 Å². The summed E-state index contributed by atoms with van der Waals surface area (Å²) in [4.78, 5) is 0. The van der Waals surface area contributed by atoms with Crippen molar-refractivity contribution in [3.63, 3.8) is 0 Å². The van der Waals surface area contributed by atoms with Crippen molar-refractivity contribution in [1.82, 2.24) is 9.78 Å². The Morgan fingerprint density at radius 1 is 1.41 bits per heavy atom. The van der Waals surface area contributed by atoms with Gasteiger partial charge in [0.25, 0.3) is 0 Å². The van der Waals surface area contributed by atoms with Gasteiger partial charge in [-0.25, -0.2) is 0 Å². The van der Waals surface area contributed by atoms with E-state index in [2.05, 4.69) is 40.9 Å². The molecule has 0 N–H and O–H groups in total. The van der Waals surface area contributed by atoms with E-state index in [0.29, 0.717) is 11.6 Å². The molecular formula is C13H12BrN3. The Labute approximate surface area is 109 Å². The van der Waals surface area contributed by atoms with E-state index < -0.39 is 0 Å². The highest BCUT2D eigenvalue weighted by molar-refractivity contribution is 9.10. The zero-order valence-electron chi connectivity index (χ0n) is 9.68. The number of rotatable bonds is 2. The third-order valence-corrected chi connectivity index (χ3v) is 3.06. The number of benzene rings is 1. The van der Waals surface area contributed by atoms with Crippen LogP contribution in [0.5, 0.6) is 0 Å². The normalized spacial score (nSPS) is 10.5. The molecule has 0 unspecified atom stereocenters. The standard InChI is InChI=1S/C13H12BrN3/c1-9(2)17-8-12(14)13(16-17)11-5-3-4-10(6-11)7-15/h3-6,8-9H,1-2H3. The Kier molecular flexibility index (Phi) is 3.30. The fourth-order valence-electron chi connectivity index (χ4n) is 1.57. The first kappa shape index (κ1) is 11.9. The Morgan fingerprint density at radius 3 is 2.76 bits per heavy atom. The zero-order valence-corrected chi connectivity index (χ0v) is 11.3. The van der Waals surface area contributed by atoms with Gasteiger partial charge in [0.15, 0.2) is 0 Å². The summed E-state index contributed by atoms with van der Waals surface area (Å²) in [6.07, 6.45) is 1.96. The van der Waals surface area contributed by atoms with Crippen LogP contribution >= 0.6 is 15.9 Å². The molecule has 0 fully saturated rings. The second kappa shape index (κ2) is 4.72. The summed E-state index contributed by atoms with van der Waals surface area (Å²) in [5.74, 6) is 0. The van der Waals surface area contributed by atoms with Gasteiger partial charge in [0.05, 0.1) is 16.1 Å². The fraction of sp³-hybridized carbons (Fsp3) is 0.231. The topological polar surface area (TPSA) is 41.6 Å². The van der Waals surface area contributed by atoms with Gasteiger partial charge in [0, 0.05) is 17.8 Å². The van der Waals surface area contributed by atoms with Crippen LogP contribution in [0.4, 0.5) is 0 Å². The van der Waals surface area contributed by atoms with E-state index in [1.807, 2.05) is 29.1 Å². The van der Waals surface area contributed by atoms with Crippen LogP contribution in [-0.2, 0) is 0 Å². The molecule has 2 aromatic rings. The second-order valence-corrected chi connectivity index (χ2v) is 4.95. The van der Waals surface area contributed by atoms with Crippen molar-refractivity contribution in [2.45, 2.75) is 19.9 Å². The van der Waals surface area contributed by atoms with Gasteiger partial charge in [-0.15, -0.1) is 0 Å². The van der Waals surface area contributed by atoms with E-state index in [0.717, 1.165) is 15.7 Å². The van der Waals surface area contributed by atoms with Crippen molar-refractivity contribution in [2.75, 3.05) is 0 Å². The molecule has 0 spiro atoms. The largest absolute Gasteiger partial charge is 0.268 e. The monoisotopic (exact) mass is 289 g/mol. The maximum Gasteiger partial charge on any atom is 0.107 e. The van der Waals surface area contributed by atoms with Crippen molar-refractivity contribution in [3.05, 3.63) is 40.5 Å². The van der Waals surface area contributed by atoms with Crippen molar-refractivity contribution in [3.8, 4) is 17.3 Å². The summed E-state index contributed by atoms with van der Waals surface area (Å²) >= 11 is 3.50. The maximum atomic E-state index is 8.88. The molecule has 0 saturated heterocycles. The minimum absolute atomic E-state index is 0.319. The van der Waals surface area contributed by atoms with Crippen LogP contribution in [0, 0.1) is 11.3 Å². The van der Waals surface area contributed by atoms with Crippen LogP contribution in [0.2, 0.25) is 0 Å². The molecule has 86 valence electrons. The van der Waals surface area contributed by atoms with E-state index >= 15 is 0 Å². The average molecular weight is 290 g/mol. The molecule has 0 amide bonds. The molecule has 17 heavy (non-hydrogen) atoms. The van der Waals surface area contributed by atoms with Gasteiger partial charge in [0.2, 0.25) is 0 Å². The summed E-state index contributed by atoms with van der Waals surface area (Å²) in [5.41, 5.74) is 2.47. The first-order chi connectivity index (χ1) is 8.11. The Bertz CT molecular complexity index is 579. The third-order valence-electron chi connectivity index (χ3n) is 2.48. The van der Waals surface area contributed by atoms with E-state index in [9.17, 15) is 0 Å². The molecule has 0 aliphatic rings. The molecule has 0 aliphatic heterocycles. The van der Waals surface area contributed by atoms with Crippen molar-refractivity contribution in [2.24, 2.45) is 0 Å². The Balaban J connectivity index is 2.49. The minimum Gasteiger partial charge on any atom is -0.268 e. The SMILES string of the molecule is CC(C)n1cc(Br)c(-c2cccc(C#N)c2)n1. The highest BCUT2D eigenvalue weighted by Crippen LogP contribution is 2.28. The number of hydrogen-bond acceptors (Lipinski definition) is 2. The lowest BCUT2D eigenvalue weighted by molar-refractivity contribution is 0.534. The van der Waals surface area contributed by atoms with Crippen molar-refractivity contribution in [1.29, 1.82) is 5.26 Å². The molecule has 0 bridgehead atoms. The minimum atomic E-state index is 0.319. The lowest BCUT2D eigenvalue weighted by Crippen LogP contribution is -2.00. The number of aromatic nitrogens is 2. The molecule has 2 rings (SSSR count). The molecule has 1 aromatic carbocycles. The molecule has 0 radical (unpaired) electrons. The van der Waals surface area contributed by atoms with Crippen molar-refractivity contribution >= 4 is 15.9 Å². The summed E-state index contributed by atoms with van der Waals surface area (Å²) in [5, 5.41) is 13.4. The van der Waals surface area contributed by atoms with Gasteiger partial charge in [0.1, 0.15) is 5.69 Å². The summed E-state index contributed by atoms with van der Waals surface area (Å²) < 4.78 is 2.85. The lowest BCUT2D eigenvalue weighted by atomic mass is 10.1. The summed E-state index contributed by atoms with van der Waals surface area (Å²) in [6.45, 7) is 4.16. The average Bonchev–Trinajstić information content (AvgIpc) is 2.72. The first-order valence-electron chi connectivity index (χ1n) is 5.37. The Morgan fingerprint density at radius 2 is 2.18 bits per heavy atom. The number of halogens is 1. The predicted molar refractivity (Wildman–Crippen MR) is 70.5 cm³/mol. The van der Waals surface area contributed by atoms with Crippen LogP contribution < -0.4 is 0 Å². The highest BCUT2D eigenvalue weighted by Gasteiger charge is 2.10. The van der Waals surface area contributed by atoms with Crippen LogP contribution in [0.3, 0.4) is 0 Å². The Hall–Kier alpha value is -1.60. The van der Waals surface area contributed by atoms with Crippen LogP contribution in [0.25, 0.3) is 11.3 Å². The van der Waals surface area contributed by atoms with Gasteiger partial charge in [-0.05, 0) is 41.9 Å². The van der Waals surface area contributed by atoms with Gasteiger partial charge < -0.3 is 0 Å². The van der Waals surface area contributed by atoms with Crippen molar-refractivity contribution < 1.29 is 0 Å².